The first-order valence-electron chi connectivity index (χ1n) is 5.12. The van der Waals surface area contributed by atoms with Crippen molar-refractivity contribution in [2.24, 2.45) is 0 Å². The van der Waals surface area contributed by atoms with Crippen LogP contribution in [0.5, 0.6) is 11.6 Å². The van der Waals surface area contributed by atoms with Crippen LogP contribution in [0.25, 0.3) is 0 Å². The molecule has 3 heteroatoms. The first-order chi connectivity index (χ1) is 7.65. The van der Waals surface area contributed by atoms with Gasteiger partial charge in [-0.2, -0.15) is 0 Å². The van der Waals surface area contributed by atoms with Crippen LogP contribution in [0, 0.1) is 13.8 Å². The molecule has 1 aromatic heterocycles. The van der Waals surface area contributed by atoms with Crippen LogP contribution in [-0.4, -0.2) is 4.98 Å². The molecule has 0 aliphatic heterocycles. The summed E-state index contributed by atoms with van der Waals surface area (Å²) in [5, 5.41) is 0. The second kappa shape index (κ2) is 4.23. The molecule has 0 fully saturated rings. The van der Waals surface area contributed by atoms with Gasteiger partial charge in [-0.1, -0.05) is 6.07 Å². The number of aryl methyl sites for hydroxylation is 2. The molecule has 0 radical (unpaired) electrons. The number of hydrogen-bond donors (Lipinski definition) is 1. The Morgan fingerprint density at radius 1 is 1.06 bits per heavy atom. The van der Waals surface area contributed by atoms with Gasteiger partial charge in [0.05, 0.1) is 0 Å². The number of nitrogens with two attached hydrogens (primary N) is 1. The summed E-state index contributed by atoms with van der Waals surface area (Å²) in [6.07, 6.45) is 1.63. The minimum Gasteiger partial charge on any atom is -0.439 e. The smallest absolute Gasteiger partial charge is 0.221 e. The van der Waals surface area contributed by atoms with Gasteiger partial charge in [-0.05, 0) is 43.2 Å². The highest BCUT2D eigenvalue weighted by atomic mass is 16.5. The molecule has 0 bridgehead atoms. The van der Waals surface area contributed by atoms with Crippen molar-refractivity contribution < 1.29 is 4.74 Å². The van der Waals surface area contributed by atoms with Crippen molar-refractivity contribution in [3.63, 3.8) is 0 Å². The van der Waals surface area contributed by atoms with Gasteiger partial charge in [0, 0.05) is 18.0 Å². The number of nitrogens with zero attached hydrogens (tertiary/aromatic N) is 1. The highest BCUT2D eigenvalue weighted by molar-refractivity contribution is 5.42. The van der Waals surface area contributed by atoms with E-state index in [-0.39, 0.29) is 0 Å². The normalized spacial score (nSPS) is 10.1. The maximum atomic E-state index is 5.65. The van der Waals surface area contributed by atoms with Crippen LogP contribution in [-0.2, 0) is 0 Å². The van der Waals surface area contributed by atoms with E-state index in [0.717, 1.165) is 5.75 Å². The summed E-state index contributed by atoms with van der Waals surface area (Å²) in [6.45, 7) is 4.12. The predicted octanol–water partition coefficient (Wildman–Crippen LogP) is 3.07. The van der Waals surface area contributed by atoms with E-state index in [2.05, 4.69) is 18.8 Å². The molecule has 0 amide bonds. The Balaban J connectivity index is 2.24. The van der Waals surface area contributed by atoms with E-state index in [4.69, 9.17) is 10.5 Å². The van der Waals surface area contributed by atoms with Crippen LogP contribution in [0.15, 0.2) is 36.5 Å². The molecule has 0 aliphatic carbocycles. The van der Waals surface area contributed by atoms with Crippen LogP contribution in [0.3, 0.4) is 0 Å². The Morgan fingerprint density at radius 3 is 2.56 bits per heavy atom. The van der Waals surface area contributed by atoms with Gasteiger partial charge in [0.15, 0.2) is 0 Å². The van der Waals surface area contributed by atoms with E-state index >= 15 is 0 Å². The van der Waals surface area contributed by atoms with Gasteiger partial charge in [0.1, 0.15) is 5.75 Å². The first-order valence-corrected chi connectivity index (χ1v) is 5.12. The largest absolute Gasteiger partial charge is 0.439 e. The second-order valence-corrected chi connectivity index (χ2v) is 3.78. The number of rotatable bonds is 2. The van der Waals surface area contributed by atoms with Crippen LogP contribution < -0.4 is 10.5 Å². The number of anilines is 1. The predicted molar refractivity (Wildman–Crippen MR) is 64.6 cm³/mol. The molecule has 2 aromatic rings. The van der Waals surface area contributed by atoms with Crippen molar-refractivity contribution in [3.8, 4) is 11.6 Å². The van der Waals surface area contributed by atoms with Crippen molar-refractivity contribution in [2.45, 2.75) is 13.8 Å². The molecule has 2 rings (SSSR count). The SMILES string of the molecule is Cc1ccc(Oc2cc(N)ccn2)cc1C. The first kappa shape index (κ1) is 10.5. The number of benzene rings is 1. The molecule has 3 nitrogen and oxygen atoms in total. The summed E-state index contributed by atoms with van der Waals surface area (Å²) in [5.41, 5.74) is 8.73. The Kier molecular flexibility index (Phi) is 2.77. The summed E-state index contributed by atoms with van der Waals surface area (Å²) in [7, 11) is 0. The average Bonchev–Trinajstić information content (AvgIpc) is 2.24. The Hall–Kier alpha value is -2.03. The number of pyridine rings is 1. The lowest BCUT2D eigenvalue weighted by atomic mass is 10.1. The molecule has 1 heterocycles. The zero-order chi connectivity index (χ0) is 11.5. The van der Waals surface area contributed by atoms with Crippen molar-refractivity contribution in [2.75, 3.05) is 5.73 Å². The highest BCUT2D eigenvalue weighted by Gasteiger charge is 2.00. The lowest BCUT2D eigenvalue weighted by Crippen LogP contribution is -1.91. The molecule has 2 N–H and O–H groups in total. The average molecular weight is 214 g/mol. The molecule has 0 atom stereocenters. The third kappa shape index (κ3) is 2.31. The topological polar surface area (TPSA) is 48.1 Å². The Morgan fingerprint density at radius 2 is 1.88 bits per heavy atom. The van der Waals surface area contributed by atoms with Crippen LogP contribution in [0.2, 0.25) is 0 Å². The molecule has 0 spiro atoms. The zero-order valence-corrected chi connectivity index (χ0v) is 9.40. The van der Waals surface area contributed by atoms with Crippen LogP contribution >= 0.6 is 0 Å². The van der Waals surface area contributed by atoms with Gasteiger partial charge >= 0.3 is 0 Å². The van der Waals surface area contributed by atoms with Crippen LogP contribution in [0.1, 0.15) is 11.1 Å². The fourth-order valence-corrected chi connectivity index (χ4v) is 1.38. The van der Waals surface area contributed by atoms with Crippen molar-refractivity contribution in [1.29, 1.82) is 0 Å². The van der Waals surface area contributed by atoms with Crippen molar-refractivity contribution in [3.05, 3.63) is 47.7 Å². The number of aromatic nitrogens is 1. The van der Waals surface area contributed by atoms with Gasteiger partial charge in [0.2, 0.25) is 5.88 Å². The lowest BCUT2D eigenvalue weighted by molar-refractivity contribution is 0.463. The molecule has 82 valence electrons. The molecule has 0 unspecified atom stereocenters. The third-order valence-electron chi connectivity index (χ3n) is 2.46. The molecule has 0 aliphatic rings. The number of hydrogen-bond acceptors (Lipinski definition) is 3. The van der Waals surface area contributed by atoms with Crippen molar-refractivity contribution >= 4 is 5.69 Å². The quantitative estimate of drug-likeness (QED) is 0.835. The molecule has 16 heavy (non-hydrogen) atoms. The molecule has 0 saturated heterocycles. The summed E-state index contributed by atoms with van der Waals surface area (Å²) in [5.74, 6) is 1.30. The molecular weight excluding hydrogens is 200 g/mol. The number of nitrogen functional groups attached to an aromatic ring is 1. The monoisotopic (exact) mass is 214 g/mol. The molecular formula is C13H14N2O. The van der Waals surface area contributed by atoms with E-state index in [1.165, 1.54) is 11.1 Å². The number of ether oxygens (including phenoxy) is 1. The van der Waals surface area contributed by atoms with E-state index in [1.54, 1.807) is 18.3 Å². The minimum atomic E-state index is 0.517. The molecule has 1 aromatic carbocycles. The van der Waals surface area contributed by atoms with E-state index in [1.807, 2.05) is 18.2 Å². The van der Waals surface area contributed by atoms with Gasteiger partial charge in [0.25, 0.3) is 0 Å². The summed E-state index contributed by atoms with van der Waals surface area (Å²) < 4.78 is 5.60. The van der Waals surface area contributed by atoms with Gasteiger partial charge in [-0.25, -0.2) is 4.98 Å². The van der Waals surface area contributed by atoms with E-state index in [9.17, 15) is 0 Å². The summed E-state index contributed by atoms with van der Waals surface area (Å²) in [6, 6.07) is 9.37. The maximum Gasteiger partial charge on any atom is 0.221 e. The maximum absolute atomic E-state index is 5.65. The van der Waals surface area contributed by atoms with Crippen molar-refractivity contribution in [1.82, 2.24) is 4.98 Å². The minimum absolute atomic E-state index is 0.517. The summed E-state index contributed by atoms with van der Waals surface area (Å²) in [4.78, 5) is 4.08. The highest BCUT2D eigenvalue weighted by Crippen LogP contribution is 2.22. The zero-order valence-electron chi connectivity index (χ0n) is 9.40. The Labute approximate surface area is 94.9 Å². The van der Waals surface area contributed by atoms with Gasteiger partial charge < -0.3 is 10.5 Å². The Bertz CT molecular complexity index is 509. The fourth-order valence-electron chi connectivity index (χ4n) is 1.38. The molecule has 0 saturated carbocycles. The summed E-state index contributed by atoms with van der Waals surface area (Å²) >= 11 is 0. The lowest BCUT2D eigenvalue weighted by Gasteiger charge is -2.07. The third-order valence-corrected chi connectivity index (χ3v) is 2.46. The van der Waals surface area contributed by atoms with E-state index < -0.39 is 0 Å². The van der Waals surface area contributed by atoms with Gasteiger partial charge in [-0.15, -0.1) is 0 Å². The second-order valence-electron chi connectivity index (χ2n) is 3.78. The fraction of sp³-hybridized carbons (Fsp3) is 0.154. The standard InChI is InChI=1S/C13H14N2O/c1-9-3-4-12(7-10(9)2)16-13-8-11(14)5-6-15-13/h3-8H,1-2H3,(H2,14,15). The van der Waals surface area contributed by atoms with Crippen LogP contribution in [0.4, 0.5) is 5.69 Å². The van der Waals surface area contributed by atoms with Gasteiger partial charge in [-0.3, -0.25) is 0 Å². The van der Waals surface area contributed by atoms with E-state index in [0.29, 0.717) is 11.6 Å².